The predicted octanol–water partition coefficient (Wildman–Crippen LogP) is 8.38. The molecule has 0 saturated carbocycles. The molecule has 0 amide bonds. The number of nitrogens with zero attached hydrogens (tertiary/aromatic N) is 2. The quantitative estimate of drug-likeness (QED) is 0.147. The van der Waals surface area contributed by atoms with E-state index in [0.29, 0.717) is 8.73 Å². The maximum Gasteiger partial charge on any atom is 0.253 e. The standard InChI is InChI=1S/C37H31N2P/c1-22-16-18-25-20-21-38(30-14-6-10-26(22)34(25)30)36-28-12-4-8-24-9-5-13-29(33(24)28)37(36)39(3)31-15-7-11-27-23(2)17-19-32(40-39)35(27)31/h4-19,37,40H,20-21H2,1-3H3/q+2. The summed E-state index contributed by atoms with van der Waals surface area (Å²) in [6, 6.07) is 37.5. The van der Waals surface area contributed by atoms with E-state index < -0.39 is 0 Å². The summed E-state index contributed by atoms with van der Waals surface area (Å²) in [4.78, 5) is 0. The Morgan fingerprint density at radius 3 is 2.30 bits per heavy atom. The molecule has 6 aromatic carbocycles. The Morgan fingerprint density at radius 2 is 1.45 bits per heavy atom. The van der Waals surface area contributed by atoms with Gasteiger partial charge < -0.3 is 0 Å². The second kappa shape index (κ2) is 7.88. The molecule has 2 nitrogen and oxygen atoms in total. The number of quaternary nitrogens is 1. The third kappa shape index (κ3) is 2.78. The topological polar surface area (TPSA) is 3.01 Å². The number of benzene rings is 6. The highest BCUT2D eigenvalue weighted by Gasteiger charge is 2.54. The molecule has 1 aliphatic carbocycles. The normalized spacial score (nSPS) is 23.2. The Balaban J connectivity index is 1.40. The Labute approximate surface area is 236 Å². The van der Waals surface area contributed by atoms with Crippen LogP contribution in [0.1, 0.15) is 33.9 Å². The van der Waals surface area contributed by atoms with E-state index in [2.05, 4.69) is 123 Å². The summed E-state index contributed by atoms with van der Waals surface area (Å²) in [7, 11) is 3.17. The van der Waals surface area contributed by atoms with Crippen LogP contribution in [-0.2, 0) is 6.42 Å². The minimum atomic E-state index is 0.222. The Bertz CT molecular complexity index is 2130. The summed E-state index contributed by atoms with van der Waals surface area (Å²) >= 11 is 0. The minimum absolute atomic E-state index is 0.222. The highest BCUT2D eigenvalue weighted by Crippen LogP contribution is 2.57. The SMILES string of the molecule is Cc1ccc2c3c(cccc13)[N+](=C1c3cccc4cccc(c34)C1[N+]1(C)Pc3ccc(C)c4cccc1c34)CC2. The van der Waals surface area contributed by atoms with E-state index in [0.717, 1.165) is 17.2 Å². The highest BCUT2D eigenvalue weighted by atomic mass is 31.1. The molecule has 2 heterocycles. The lowest BCUT2D eigenvalue weighted by Gasteiger charge is -2.35. The molecular formula is C37H31N2P+2. The molecule has 192 valence electrons. The average molecular weight is 535 g/mol. The van der Waals surface area contributed by atoms with Crippen molar-refractivity contribution < 1.29 is 4.58 Å². The van der Waals surface area contributed by atoms with Crippen molar-refractivity contribution in [1.82, 2.24) is 4.25 Å². The second-order valence-electron chi connectivity index (χ2n) is 12.0. The fraction of sp³-hybridized carbons (Fsp3) is 0.162. The van der Waals surface area contributed by atoms with Crippen LogP contribution < -0.4 is 9.56 Å². The molecule has 0 N–H and O–H groups in total. The van der Waals surface area contributed by atoms with Crippen molar-refractivity contribution in [2.24, 2.45) is 0 Å². The lowest BCUT2D eigenvalue weighted by molar-refractivity contribution is -0.442. The van der Waals surface area contributed by atoms with Crippen molar-refractivity contribution in [3.8, 4) is 0 Å². The molecule has 0 aromatic heterocycles. The van der Waals surface area contributed by atoms with E-state index in [-0.39, 0.29) is 6.04 Å². The smallest absolute Gasteiger partial charge is 0.253 e. The van der Waals surface area contributed by atoms with Gasteiger partial charge in [0.1, 0.15) is 14.4 Å². The first-order valence-electron chi connectivity index (χ1n) is 14.4. The van der Waals surface area contributed by atoms with Crippen LogP contribution in [0.25, 0.3) is 32.3 Å². The number of aryl methyl sites for hydroxylation is 2. The van der Waals surface area contributed by atoms with Gasteiger partial charge in [-0.1, -0.05) is 72.8 Å². The molecule has 0 spiro atoms. The third-order valence-corrected chi connectivity index (χ3v) is 11.5. The van der Waals surface area contributed by atoms with Crippen molar-refractivity contribution in [2.45, 2.75) is 26.3 Å². The van der Waals surface area contributed by atoms with Crippen LogP contribution in [0.15, 0.2) is 97.1 Å². The summed E-state index contributed by atoms with van der Waals surface area (Å²) in [6.07, 6.45) is 1.07. The zero-order chi connectivity index (χ0) is 26.7. The van der Waals surface area contributed by atoms with Crippen LogP contribution in [0.5, 0.6) is 0 Å². The summed E-state index contributed by atoms with van der Waals surface area (Å²) in [5.74, 6) is 0. The van der Waals surface area contributed by atoms with Crippen molar-refractivity contribution in [3.05, 3.63) is 125 Å². The summed E-state index contributed by atoms with van der Waals surface area (Å²) in [5.41, 5.74) is 11.4. The molecule has 3 atom stereocenters. The summed E-state index contributed by atoms with van der Waals surface area (Å²) < 4.78 is 3.60. The molecule has 2 aliphatic heterocycles. The number of rotatable bonds is 1. The Hall–Kier alpha value is -3.84. The van der Waals surface area contributed by atoms with Gasteiger partial charge in [0.25, 0.3) is 5.71 Å². The lowest BCUT2D eigenvalue weighted by Crippen LogP contribution is -2.44. The van der Waals surface area contributed by atoms with Gasteiger partial charge in [0.05, 0.1) is 23.4 Å². The third-order valence-electron chi connectivity index (χ3n) is 9.88. The Kier molecular flexibility index (Phi) is 4.52. The van der Waals surface area contributed by atoms with Crippen molar-refractivity contribution in [3.63, 3.8) is 0 Å². The van der Waals surface area contributed by atoms with Gasteiger partial charge in [-0.3, -0.25) is 4.25 Å². The average Bonchev–Trinajstić information content (AvgIpc) is 3.48. The molecule has 3 heteroatoms. The van der Waals surface area contributed by atoms with Crippen LogP contribution in [0.4, 0.5) is 11.4 Å². The number of hydrogen-bond acceptors (Lipinski definition) is 0. The van der Waals surface area contributed by atoms with Gasteiger partial charge in [-0.15, -0.1) is 0 Å². The van der Waals surface area contributed by atoms with Crippen LogP contribution in [-0.4, -0.2) is 23.9 Å². The van der Waals surface area contributed by atoms with Crippen LogP contribution in [0.2, 0.25) is 0 Å². The van der Waals surface area contributed by atoms with Gasteiger partial charge in [-0.25, -0.2) is 0 Å². The molecule has 0 fully saturated rings. The molecule has 3 aliphatic rings. The molecule has 6 aromatic rings. The monoisotopic (exact) mass is 534 g/mol. The van der Waals surface area contributed by atoms with Gasteiger partial charge >= 0.3 is 0 Å². The van der Waals surface area contributed by atoms with E-state index in [9.17, 15) is 0 Å². The lowest BCUT2D eigenvalue weighted by atomic mass is 9.93. The predicted molar refractivity (Wildman–Crippen MR) is 172 cm³/mol. The van der Waals surface area contributed by atoms with E-state index in [1.807, 2.05) is 0 Å². The zero-order valence-corrected chi connectivity index (χ0v) is 24.1. The maximum absolute atomic E-state index is 2.70. The van der Waals surface area contributed by atoms with Gasteiger partial charge in [0, 0.05) is 28.7 Å². The molecule has 9 rings (SSSR count). The number of likely N-dealkylation sites (N-methyl/N-ethyl adjacent to an activating group) is 1. The summed E-state index contributed by atoms with van der Waals surface area (Å²) in [6.45, 7) is 5.51. The second-order valence-corrected chi connectivity index (χ2v) is 13.7. The molecule has 3 unspecified atom stereocenters. The van der Waals surface area contributed by atoms with Gasteiger partial charge in [-0.2, -0.15) is 4.58 Å². The first-order valence-corrected chi connectivity index (χ1v) is 15.3. The van der Waals surface area contributed by atoms with Crippen molar-refractivity contribution >= 4 is 63.4 Å². The molecular weight excluding hydrogens is 503 g/mol. The van der Waals surface area contributed by atoms with Gasteiger partial charge in [0.2, 0.25) is 11.7 Å². The first kappa shape index (κ1) is 22.9. The zero-order valence-electron chi connectivity index (χ0n) is 23.1. The van der Waals surface area contributed by atoms with Crippen molar-refractivity contribution in [1.29, 1.82) is 0 Å². The van der Waals surface area contributed by atoms with Crippen LogP contribution in [0, 0.1) is 13.8 Å². The van der Waals surface area contributed by atoms with Gasteiger partial charge in [0.15, 0.2) is 6.54 Å². The molecule has 40 heavy (non-hydrogen) atoms. The van der Waals surface area contributed by atoms with E-state index in [4.69, 9.17) is 0 Å². The van der Waals surface area contributed by atoms with E-state index in [1.165, 1.54) is 82.5 Å². The summed E-state index contributed by atoms with van der Waals surface area (Å²) in [5, 5.41) is 10.0. The Morgan fingerprint density at radius 1 is 0.725 bits per heavy atom. The highest BCUT2D eigenvalue weighted by molar-refractivity contribution is 7.48. The number of hydrogen-bond donors (Lipinski definition) is 0. The van der Waals surface area contributed by atoms with E-state index >= 15 is 0 Å². The fourth-order valence-corrected chi connectivity index (χ4v) is 9.82. The van der Waals surface area contributed by atoms with Crippen LogP contribution in [0.3, 0.4) is 0 Å². The first-order chi connectivity index (χ1) is 19.5. The minimum Gasteiger partial charge on any atom is -0.263 e. The fourth-order valence-electron chi connectivity index (χ4n) is 8.09. The molecule has 0 saturated heterocycles. The molecule has 0 radical (unpaired) electrons. The molecule has 0 bridgehead atoms. The largest absolute Gasteiger partial charge is 0.263 e. The van der Waals surface area contributed by atoms with E-state index in [1.54, 1.807) is 0 Å². The maximum atomic E-state index is 2.70. The van der Waals surface area contributed by atoms with Gasteiger partial charge in [-0.05, 0) is 64.9 Å². The van der Waals surface area contributed by atoms with Crippen LogP contribution >= 0.6 is 8.73 Å². The van der Waals surface area contributed by atoms with Crippen molar-refractivity contribution in [2.75, 3.05) is 13.6 Å².